The predicted octanol–water partition coefficient (Wildman–Crippen LogP) is 3.15. The van der Waals surface area contributed by atoms with E-state index in [2.05, 4.69) is 5.32 Å². The van der Waals surface area contributed by atoms with Gasteiger partial charge in [0.05, 0.1) is 4.92 Å². The molecule has 1 N–H and O–H groups in total. The van der Waals surface area contributed by atoms with Gasteiger partial charge in [0.2, 0.25) is 0 Å². The summed E-state index contributed by atoms with van der Waals surface area (Å²) >= 11 is 0. The van der Waals surface area contributed by atoms with Crippen LogP contribution in [0.1, 0.15) is 32.3 Å². The highest BCUT2D eigenvalue weighted by Crippen LogP contribution is 2.33. The molecule has 0 saturated carbocycles. The molecule has 0 amide bonds. The Balaban J connectivity index is 3.28. The Morgan fingerprint density at radius 2 is 2.13 bits per heavy atom. The molecule has 0 unspecified atom stereocenters. The molecule has 0 aliphatic carbocycles. The number of benzene rings is 1. The van der Waals surface area contributed by atoms with E-state index in [1.54, 1.807) is 6.07 Å². The molecule has 1 aromatic carbocycles. The van der Waals surface area contributed by atoms with Crippen LogP contribution in [-0.2, 0) is 0 Å². The van der Waals surface area contributed by atoms with Gasteiger partial charge in [-0.25, -0.2) is 0 Å². The fourth-order valence-electron chi connectivity index (χ4n) is 1.56. The predicted molar refractivity (Wildman–Crippen MR) is 61.3 cm³/mol. The van der Waals surface area contributed by atoms with Crippen molar-refractivity contribution in [1.82, 2.24) is 0 Å². The number of nitrogens with one attached hydrogen (secondary N) is 1. The fourth-order valence-corrected chi connectivity index (χ4v) is 1.56. The first-order valence-electron chi connectivity index (χ1n) is 5.09. The number of hydrogen-bond donors (Lipinski definition) is 1. The van der Waals surface area contributed by atoms with Crippen LogP contribution in [0.2, 0.25) is 0 Å². The molecule has 0 aliphatic heterocycles. The minimum Gasteiger partial charge on any atom is -0.380 e. The number of para-hydroxylation sites is 1. The molecule has 82 valence electrons. The first-order valence-corrected chi connectivity index (χ1v) is 5.09. The molecule has 4 nitrogen and oxygen atoms in total. The van der Waals surface area contributed by atoms with Crippen molar-refractivity contribution in [2.45, 2.75) is 26.7 Å². The highest BCUT2D eigenvalue weighted by atomic mass is 16.6. The van der Waals surface area contributed by atoms with E-state index in [1.165, 1.54) is 0 Å². The van der Waals surface area contributed by atoms with E-state index in [0.29, 0.717) is 12.2 Å². The third kappa shape index (κ3) is 2.46. The van der Waals surface area contributed by atoms with Gasteiger partial charge in [-0.3, -0.25) is 10.1 Å². The van der Waals surface area contributed by atoms with Gasteiger partial charge in [0.25, 0.3) is 5.69 Å². The standard InChI is InChI=1S/C11H16N2O2/c1-4-12-10-7-5-6-9(8(2)3)11(10)13(14)15/h5-8,12H,4H2,1-3H3. The van der Waals surface area contributed by atoms with Crippen LogP contribution in [0.15, 0.2) is 18.2 Å². The Bertz CT molecular complexity index is 362. The Morgan fingerprint density at radius 3 is 2.60 bits per heavy atom. The van der Waals surface area contributed by atoms with Gasteiger partial charge >= 0.3 is 0 Å². The Labute approximate surface area is 89.5 Å². The quantitative estimate of drug-likeness (QED) is 0.610. The molecule has 1 rings (SSSR count). The molecule has 0 saturated heterocycles. The Kier molecular flexibility index (Phi) is 3.66. The summed E-state index contributed by atoms with van der Waals surface area (Å²) in [5, 5.41) is 14.0. The van der Waals surface area contributed by atoms with Crippen LogP contribution in [0, 0.1) is 10.1 Å². The Hall–Kier alpha value is -1.58. The third-order valence-electron chi connectivity index (χ3n) is 2.24. The zero-order valence-corrected chi connectivity index (χ0v) is 9.28. The summed E-state index contributed by atoms with van der Waals surface area (Å²) in [5.41, 5.74) is 1.58. The lowest BCUT2D eigenvalue weighted by Crippen LogP contribution is -2.04. The van der Waals surface area contributed by atoms with Crippen LogP contribution in [0.5, 0.6) is 0 Å². The molecule has 0 aromatic heterocycles. The molecule has 0 bridgehead atoms. The molecule has 0 fully saturated rings. The maximum Gasteiger partial charge on any atom is 0.295 e. The molecule has 0 aliphatic rings. The average Bonchev–Trinajstić information content (AvgIpc) is 2.17. The molecule has 0 spiro atoms. The van der Waals surface area contributed by atoms with E-state index in [9.17, 15) is 10.1 Å². The average molecular weight is 208 g/mol. The normalized spacial score (nSPS) is 10.4. The van der Waals surface area contributed by atoms with Crippen molar-refractivity contribution in [3.05, 3.63) is 33.9 Å². The van der Waals surface area contributed by atoms with Gasteiger partial charge in [-0.2, -0.15) is 0 Å². The zero-order valence-electron chi connectivity index (χ0n) is 9.28. The van der Waals surface area contributed by atoms with Gasteiger partial charge in [0, 0.05) is 12.1 Å². The summed E-state index contributed by atoms with van der Waals surface area (Å²) in [6, 6.07) is 5.40. The number of nitrogens with zero attached hydrogens (tertiary/aromatic N) is 1. The van der Waals surface area contributed by atoms with Gasteiger partial charge in [-0.05, 0) is 18.9 Å². The van der Waals surface area contributed by atoms with Crippen LogP contribution >= 0.6 is 0 Å². The van der Waals surface area contributed by atoms with Crippen molar-refractivity contribution in [3.63, 3.8) is 0 Å². The van der Waals surface area contributed by atoms with Crippen LogP contribution in [-0.4, -0.2) is 11.5 Å². The number of anilines is 1. The van der Waals surface area contributed by atoms with Gasteiger partial charge < -0.3 is 5.32 Å². The first kappa shape index (κ1) is 11.5. The van der Waals surface area contributed by atoms with Crippen molar-refractivity contribution in [3.8, 4) is 0 Å². The third-order valence-corrected chi connectivity index (χ3v) is 2.24. The summed E-state index contributed by atoms with van der Waals surface area (Å²) in [5.74, 6) is 0.156. The van der Waals surface area contributed by atoms with Crippen molar-refractivity contribution < 1.29 is 4.92 Å². The molecule has 0 atom stereocenters. The summed E-state index contributed by atoms with van der Waals surface area (Å²) in [7, 11) is 0. The molecule has 1 aromatic rings. The number of nitro benzene ring substituents is 1. The SMILES string of the molecule is CCNc1cccc(C(C)C)c1[N+](=O)[O-]. The molecular weight excluding hydrogens is 192 g/mol. The lowest BCUT2D eigenvalue weighted by Gasteiger charge is -2.10. The van der Waals surface area contributed by atoms with Gasteiger partial charge in [-0.15, -0.1) is 0 Å². The lowest BCUT2D eigenvalue weighted by atomic mass is 10.0. The maximum atomic E-state index is 11.0. The summed E-state index contributed by atoms with van der Waals surface area (Å²) < 4.78 is 0. The van der Waals surface area contributed by atoms with Gasteiger partial charge in [0.1, 0.15) is 5.69 Å². The van der Waals surface area contributed by atoms with E-state index < -0.39 is 0 Å². The van der Waals surface area contributed by atoms with E-state index in [4.69, 9.17) is 0 Å². The number of rotatable bonds is 4. The van der Waals surface area contributed by atoms with E-state index in [-0.39, 0.29) is 16.5 Å². The molecule has 0 heterocycles. The topological polar surface area (TPSA) is 55.2 Å². The van der Waals surface area contributed by atoms with Crippen molar-refractivity contribution >= 4 is 11.4 Å². The minimum atomic E-state index is -0.312. The maximum absolute atomic E-state index is 11.0. The first-order chi connectivity index (χ1) is 7.07. The van der Waals surface area contributed by atoms with Gasteiger partial charge in [-0.1, -0.05) is 26.0 Å². The van der Waals surface area contributed by atoms with Crippen LogP contribution in [0.25, 0.3) is 0 Å². The molecule has 4 heteroatoms. The highest BCUT2D eigenvalue weighted by molar-refractivity contribution is 5.66. The van der Waals surface area contributed by atoms with Crippen molar-refractivity contribution in [2.24, 2.45) is 0 Å². The number of nitro groups is 1. The van der Waals surface area contributed by atoms with Crippen molar-refractivity contribution in [1.29, 1.82) is 0 Å². The van der Waals surface area contributed by atoms with Crippen molar-refractivity contribution in [2.75, 3.05) is 11.9 Å². The lowest BCUT2D eigenvalue weighted by molar-refractivity contribution is -0.384. The van der Waals surface area contributed by atoms with Crippen LogP contribution in [0.3, 0.4) is 0 Å². The number of hydrogen-bond acceptors (Lipinski definition) is 3. The van der Waals surface area contributed by atoms with Crippen LogP contribution in [0.4, 0.5) is 11.4 Å². The molecule has 0 radical (unpaired) electrons. The summed E-state index contributed by atoms with van der Waals surface area (Å²) in [6.07, 6.45) is 0. The van der Waals surface area contributed by atoms with Gasteiger partial charge in [0.15, 0.2) is 0 Å². The highest BCUT2D eigenvalue weighted by Gasteiger charge is 2.20. The smallest absolute Gasteiger partial charge is 0.295 e. The second-order valence-corrected chi connectivity index (χ2v) is 3.69. The fraction of sp³-hybridized carbons (Fsp3) is 0.455. The Morgan fingerprint density at radius 1 is 1.47 bits per heavy atom. The molecule has 15 heavy (non-hydrogen) atoms. The van der Waals surface area contributed by atoms with E-state index >= 15 is 0 Å². The monoisotopic (exact) mass is 208 g/mol. The molecular formula is C11H16N2O2. The van der Waals surface area contributed by atoms with Crippen LogP contribution < -0.4 is 5.32 Å². The zero-order chi connectivity index (χ0) is 11.4. The minimum absolute atomic E-state index is 0.156. The van der Waals surface area contributed by atoms with E-state index in [0.717, 1.165) is 5.56 Å². The largest absolute Gasteiger partial charge is 0.380 e. The summed E-state index contributed by atoms with van der Waals surface area (Å²) in [6.45, 7) is 6.52. The van der Waals surface area contributed by atoms with E-state index in [1.807, 2.05) is 32.9 Å². The summed E-state index contributed by atoms with van der Waals surface area (Å²) in [4.78, 5) is 10.7. The second-order valence-electron chi connectivity index (χ2n) is 3.69. The second kappa shape index (κ2) is 4.77.